The van der Waals surface area contributed by atoms with Crippen LogP contribution in [0.25, 0.3) is 0 Å². The highest BCUT2D eigenvalue weighted by molar-refractivity contribution is 7.80. The van der Waals surface area contributed by atoms with E-state index in [-0.39, 0.29) is 0 Å². The van der Waals surface area contributed by atoms with Gasteiger partial charge in [-0.05, 0) is 26.0 Å². The van der Waals surface area contributed by atoms with Crippen molar-refractivity contribution in [3.8, 4) is 0 Å². The molecule has 0 spiro atoms. The fourth-order valence-corrected chi connectivity index (χ4v) is 2.45. The Morgan fingerprint density at radius 2 is 2.00 bits per heavy atom. The molecule has 0 atom stereocenters. The quantitative estimate of drug-likeness (QED) is 0.832. The van der Waals surface area contributed by atoms with E-state index >= 15 is 0 Å². The van der Waals surface area contributed by atoms with Crippen LogP contribution >= 0.6 is 12.2 Å². The lowest BCUT2D eigenvalue weighted by Crippen LogP contribution is -2.49. The predicted octanol–water partition coefficient (Wildman–Crippen LogP) is 1.25. The predicted molar refractivity (Wildman–Crippen MR) is 79.0 cm³/mol. The molecule has 0 aromatic carbocycles. The van der Waals surface area contributed by atoms with Gasteiger partial charge in [-0.15, -0.1) is 0 Å². The van der Waals surface area contributed by atoms with Gasteiger partial charge in [0.05, 0.1) is 5.56 Å². The van der Waals surface area contributed by atoms with E-state index in [9.17, 15) is 0 Å². The monoisotopic (exact) mass is 264 g/mol. The highest BCUT2D eigenvalue weighted by atomic mass is 32.1. The molecule has 1 saturated heterocycles. The summed E-state index contributed by atoms with van der Waals surface area (Å²) in [6.07, 6.45) is 1.80. The van der Waals surface area contributed by atoms with Crippen LogP contribution in [0.4, 0.5) is 5.82 Å². The second kappa shape index (κ2) is 5.63. The maximum Gasteiger partial charge on any atom is 0.138 e. The van der Waals surface area contributed by atoms with Gasteiger partial charge in [-0.2, -0.15) is 0 Å². The molecule has 1 fully saturated rings. The van der Waals surface area contributed by atoms with Crippen LogP contribution in [0, 0.1) is 0 Å². The van der Waals surface area contributed by atoms with Crippen LogP contribution in [0.1, 0.15) is 19.4 Å². The van der Waals surface area contributed by atoms with Crippen molar-refractivity contribution in [1.82, 2.24) is 9.88 Å². The van der Waals surface area contributed by atoms with Crippen LogP contribution < -0.4 is 10.6 Å². The van der Waals surface area contributed by atoms with Crippen LogP contribution in [-0.2, 0) is 0 Å². The number of anilines is 1. The Morgan fingerprint density at radius 3 is 2.56 bits per heavy atom. The van der Waals surface area contributed by atoms with E-state index in [1.54, 1.807) is 6.20 Å². The number of aromatic nitrogens is 1. The maximum absolute atomic E-state index is 5.75. The van der Waals surface area contributed by atoms with Gasteiger partial charge in [-0.25, -0.2) is 4.98 Å². The zero-order valence-corrected chi connectivity index (χ0v) is 11.8. The van der Waals surface area contributed by atoms with Gasteiger partial charge in [-0.1, -0.05) is 12.2 Å². The molecule has 0 saturated carbocycles. The molecule has 4 nitrogen and oxygen atoms in total. The second-order valence-corrected chi connectivity index (χ2v) is 5.30. The first kappa shape index (κ1) is 13.2. The van der Waals surface area contributed by atoms with Gasteiger partial charge in [0.2, 0.25) is 0 Å². The van der Waals surface area contributed by atoms with Crippen molar-refractivity contribution in [2.45, 2.75) is 19.9 Å². The number of rotatable bonds is 3. The molecule has 0 aliphatic carbocycles. The SMILES string of the molecule is CC(C)N1CCN(c2ncccc2C(N)=S)CC1. The van der Waals surface area contributed by atoms with E-state index in [0.717, 1.165) is 37.6 Å². The van der Waals surface area contributed by atoms with Gasteiger partial charge < -0.3 is 10.6 Å². The van der Waals surface area contributed by atoms with Crippen LogP contribution in [0.2, 0.25) is 0 Å². The molecule has 2 heterocycles. The molecule has 18 heavy (non-hydrogen) atoms. The van der Waals surface area contributed by atoms with E-state index in [1.165, 1.54) is 0 Å². The number of piperazine rings is 1. The topological polar surface area (TPSA) is 45.4 Å². The molecule has 1 aromatic rings. The largest absolute Gasteiger partial charge is 0.389 e. The third-order valence-corrected chi connectivity index (χ3v) is 3.62. The molecule has 2 N–H and O–H groups in total. The van der Waals surface area contributed by atoms with Crippen LogP contribution in [0.15, 0.2) is 18.3 Å². The first-order chi connectivity index (χ1) is 8.59. The Balaban J connectivity index is 2.12. The fourth-order valence-electron chi connectivity index (χ4n) is 2.29. The van der Waals surface area contributed by atoms with Gasteiger partial charge in [0.15, 0.2) is 0 Å². The van der Waals surface area contributed by atoms with E-state index in [4.69, 9.17) is 18.0 Å². The average Bonchev–Trinajstić information content (AvgIpc) is 2.39. The van der Waals surface area contributed by atoms with E-state index in [2.05, 4.69) is 28.6 Å². The summed E-state index contributed by atoms with van der Waals surface area (Å²) in [6.45, 7) is 8.54. The molecular formula is C13H20N4S. The first-order valence-corrected chi connectivity index (χ1v) is 6.74. The average molecular weight is 264 g/mol. The van der Waals surface area contributed by atoms with Crippen molar-refractivity contribution in [2.75, 3.05) is 31.1 Å². The Kier molecular flexibility index (Phi) is 4.14. The molecule has 2 rings (SSSR count). The third kappa shape index (κ3) is 2.79. The lowest BCUT2D eigenvalue weighted by molar-refractivity contribution is 0.209. The van der Waals surface area contributed by atoms with Crippen molar-refractivity contribution < 1.29 is 0 Å². The summed E-state index contributed by atoms with van der Waals surface area (Å²) in [4.78, 5) is 9.60. The summed E-state index contributed by atoms with van der Waals surface area (Å²) in [5.41, 5.74) is 6.63. The molecule has 1 aromatic heterocycles. The number of thiocarbonyl (C=S) groups is 1. The smallest absolute Gasteiger partial charge is 0.138 e. The van der Waals surface area contributed by atoms with Crippen LogP contribution in [-0.4, -0.2) is 47.1 Å². The van der Waals surface area contributed by atoms with Crippen LogP contribution in [0.3, 0.4) is 0 Å². The number of nitrogens with zero attached hydrogens (tertiary/aromatic N) is 3. The van der Waals surface area contributed by atoms with Gasteiger partial charge >= 0.3 is 0 Å². The summed E-state index contributed by atoms with van der Waals surface area (Å²) >= 11 is 5.08. The molecule has 1 aliphatic heterocycles. The molecule has 0 unspecified atom stereocenters. The molecular weight excluding hydrogens is 244 g/mol. The molecule has 0 radical (unpaired) electrons. The Bertz CT molecular complexity index is 425. The van der Waals surface area contributed by atoms with Gasteiger partial charge in [0.1, 0.15) is 10.8 Å². The minimum absolute atomic E-state index is 0.421. The van der Waals surface area contributed by atoms with E-state index in [0.29, 0.717) is 11.0 Å². The Labute approximate surface area is 114 Å². The van der Waals surface area contributed by atoms with Crippen LogP contribution in [0.5, 0.6) is 0 Å². The first-order valence-electron chi connectivity index (χ1n) is 6.33. The lowest BCUT2D eigenvalue weighted by Gasteiger charge is -2.38. The second-order valence-electron chi connectivity index (χ2n) is 4.86. The zero-order chi connectivity index (χ0) is 13.1. The highest BCUT2D eigenvalue weighted by Crippen LogP contribution is 2.19. The summed E-state index contributed by atoms with van der Waals surface area (Å²) in [6, 6.07) is 4.42. The molecule has 1 aliphatic rings. The molecule has 0 amide bonds. The number of pyridine rings is 1. The standard InChI is InChI=1S/C13H20N4S/c1-10(2)16-6-8-17(9-7-16)13-11(12(14)18)4-3-5-15-13/h3-5,10H,6-9H2,1-2H3,(H2,14,18). The lowest BCUT2D eigenvalue weighted by atomic mass is 10.2. The van der Waals surface area contributed by atoms with Crippen molar-refractivity contribution >= 4 is 23.0 Å². The van der Waals surface area contributed by atoms with Crippen molar-refractivity contribution in [1.29, 1.82) is 0 Å². The van der Waals surface area contributed by atoms with Crippen molar-refractivity contribution in [3.63, 3.8) is 0 Å². The Morgan fingerprint density at radius 1 is 1.33 bits per heavy atom. The minimum atomic E-state index is 0.421. The van der Waals surface area contributed by atoms with E-state index < -0.39 is 0 Å². The number of hydrogen-bond acceptors (Lipinski definition) is 4. The zero-order valence-electron chi connectivity index (χ0n) is 11.0. The van der Waals surface area contributed by atoms with E-state index in [1.807, 2.05) is 12.1 Å². The maximum atomic E-state index is 5.75. The highest BCUT2D eigenvalue weighted by Gasteiger charge is 2.21. The fraction of sp³-hybridized carbons (Fsp3) is 0.538. The normalized spacial score (nSPS) is 17.2. The molecule has 0 bridgehead atoms. The Hall–Kier alpha value is -1.20. The van der Waals surface area contributed by atoms with Gasteiger partial charge in [0.25, 0.3) is 0 Å². The van der Waals surface area contributed by atoms with Gasteiger partial charge in [-0.3, -0.25) is 4.90 Å². The number of nitrogens with two attached hydrogens (primary N) is 1. The molecule has 98 valence electrons. The summed E-state index contributed by atoms with van der Waals surface area (Å²) in [7, 11) is 0. The molecule has 5 heteroatoms. The van der Waals surface area contributed by atoms with Gasteiger partial charge in [0, 0.05) is 38.4 Å². The van der Waals surface area contributed by atoms with Crippen molar-refractivity contribution in [2.24, 2.45) is 5.73 Å². The third-order valence-electron chi connectivity index (χ3n) is 3.40. The minimum Gasteiger partial charge on any atom is -0.389 e. The summed E-state index contributed by atoms with van der Waals surface area (Å²) < 4.78 is 0. The number of hydrogen-bond donors (Lipinski definition) is 1. The summed E-state index contributed by atoms with van der Waals surface area (Å²) in [5.74, 6) is 0.924. The summed E-state index contributed by atoms with van der Waals surface area (Å²) in [5, 5.41) is 0. The van der Waals surface area contributed by atoms with Crippen molar-refractivity contribution in [3.05, 3.63) is 23.9 Å².